The predicted octanol–water partition coefficient (Wildman–Crippen LogP) is 2.96. The van der Waals surface area contributed by atoms with Crippen LogP contribution in [0.1, 0.15) is 4.88 Å². The molecule has 3 aromatic rings. The van der Waals surface area contributed by atoms with Gasteiger partial charge in [-0.15, -0.1) is 11.3 Å². The van der Waals surface area contributed by atoms with Crippen molar-refractivity contribution < 1.29 is 9.84 Å². The smallest absolute Gasteiger partial charge is 0.162 e. The van der Waals surface area contributed by atoms with Crippen LogP contribution in [0, 0.1) is 0 Å². The molecule has 2 aromatic heterocycles. The fourth-order valence-electron chi connectivity index (χ4n) is 3.12. The van der Waals surface area contributed by atoms with Gasteiger partial charge in [-0.1, -0.05) is 12.1 Å². The minimum Gasteiger partial charge on any atom is -0.508 e. The van der Waals surface area contributed by atoms with Crippen LogP contribution in [0.3, 0.4) is 0 Å². The summed E-state index contributed by atoms with van der Waals surface area (Å²) in [5, 5.41) is 9.82. The van der Waals surface area contributed by atoms with Gasteiger partial charge in [0, 0.05) is 30.1 Å². The van der Waals surface area contributed by atoms with Crippen molar-refractivity contribution in [1.29, 1.82) is 0 Å². The highest BCUT2D eigenvalue weighted by Crippen LogP contribution is 2.35. The van der Waals surface area contributed by atoms with Crippen LogP contribution in [-0.4, -0.2) is 60.4 Å². The molecular weight excluding hydrogens is 348 g/mol. The molecule has 1 fully saturated rings. The van der Waals surface area contributed by atoms with Crippen LogP contribution in [-0.2, 0) is 11.3 Å². The van der Waals surface area contributed by atoms with E-state index >= 15 is 0 Å². The number of thiophene rings is 1. The highest BCUT2D eigenvalue weighted by Gasteiger charge is 2.20. The summed E-state index contributed by atoms with van der Waals surface area (Å²) in [4.78, 5) is 15.3. The van der Waals surface area contributed by atoms with Crippen molar-refractivity contribution in [2.24, 2.45) is 0 Å². The molecule has 0 atom stereocenters. The molecule has 0 bridgehead atoms. The second-order valence-electron chi connectivity index (χ2n) is 6.69. The summed E-state index contributed by atoms with van der Waals surface area (Å²) in [5.41, 5.74) is 1.78. The highest BCUT2D eigenvalue weighted by molar-refractivity contribution is 7.19. The van der Waals surface area contributed by atoms with Crippen molar-refractivity contribution >= 4 is 27.4 Å². The lowest BCUT2D eigenvalue weighted by Gasteiger charge is -2.28. The maximum Gasteiger partial charge on any atom is 0.162 e. The van der Waals surface area contributed by atoms with Crippen molar-refractivity contribution in [3.8, 4) is 17.1 Å². The molecule has 1 aliphatic rings. The van der Waals surface area contributed by atoms with E-state index in [9.17, 15) is 5.11 Å². The Morgan fingerprint density at radius 2 is 2.00 bits per heavy atom. The van der Waals surface area contributed by atoms with Gasteiger partial charge in [-0.3, -0.25) is 0 Å². The molecule has 0 unspecified atom stereocenters. The zero-order chi connectivity index (χ0) is 18.1. The second kappa shape index (κ2) is 7.19. The lowest BCUT2D eigenvalue weighted by Crippen LogP contribution is -2.36. The monoisotopic (exact) mass is 370 g/mol. The summed E-state index contributed by atoms with van der Waals surface area (Å²) in [6.45, 7) is 3.95. The zero-order valence-electron chi connectivity index (χ0n) is 15.0. The first kappa shape index (κ1) is 17.2. The molecule has 3 heterocycles. The van der Waals surface area contributed by atoms with Crippen LogP contribution in [0.5, 0.6) is 5.75 Å². The summed E-state index contributed by atoms with van der Waals surface area (Å²) < 4.78 is 6.62. The van der Waals surface area contributed by atoms with E-state index in [2.05, 4.69) is 30.0 Å². The molecule has 0 saturated carbocycles. The van der Waals surface area contributed by atoms with Gasteiger partial charge in [-0.05, 0) is 32.3 Å². The van der Waals surface area contributed by atoms with E-state index in [0.29, 0.717) is 19.0 Å². The number of rotatable bonds is 4. The SMILES string of the molecule is CN(C)Cc1cc2nc(-c3cccc(O)c3)nc(N3CCOCC3)c2s1. The number of nitrogens with zero attached hydrogens (tertiary/aromatic N) is 4. The van der Waals surface area contributed by atoms with Gasteiger partial charge in [0.15, 0.2) is 11.6 Å². The molecule has 0 amide bonds. The van der Waals surface area contributed by atoms with Crippen LogP contribution in [0.4, 0.5) is 5.82 Å². The first-order valence-corrected chi connectivity index (χ1v) is 9.49. The molecule has 1 N–H and O–H groups in total. The van der Waals surface area contributed by atoms with Crippen LogP contribution in [0.25, 0.3) is 21.6 Å². The third kappa shape index (κ3) is 3.51. The fourth-order valence-corrected chi connectivity index (χ4v) is 4.35. The number of aromatic hydroxyl groups is 1. The molecule has 4 rings (SSSR count). The minimum absolute atomic E-state index is 0.220. The second-order valence-corrected chi connectivity index (χ2v) is 7.82. The van der Waals surface area contributed by atoms with Gasteiger partial charge in [0.1, 0.15) is 5.75 Å². The fraction of sp³-hybridized carbons (Fsp3) is 0.368. The third-order valence-corrected chi connectivity index (χ3v) is 5.40. The predicted molar refractivity (Wildman–Crippen MR) is 105 cm³/mol. The lowest BCUT2D eigenvalue weighted by atomic mass is 10.2. The van der Waals surface area contributed by atoms with Crippen molar-refractivity contribution in [3.05, 3.63) is 35.2 Å². The van der Waals surface area contributed by atoms with Crippen molar-refractivity contribution in [2.75, 3.05) is 45.3 Å². The number of morpholine rings is 1. The van der Waals surface area contributed by atoms with Crippen molar-refractivity contribution in [3.63, 3.8) is 0 Å². The molecule has 136 valence electrons. The van der Waals surface area contributed by atoms with Crippen LogP contribution >= 0.6 is 11.3 Å². The molecule has 7 heteroatoms. The molecule has 0 spiro atoms. The number of hydrogen-bond donors (Lipinski definition) is 1. The van der Waals surface area contributed by atoms with Crippen LogP contribution < -0.4 is 4.90 Å². The number of fused-ring (bicyclic) bond motifs is 1. The summed E-state index contributed by atoms with van der Waals surface area (Å²) in [7, 11) is 4.13. The molecule has 1 aliphatic heterocycles. The Kier molecular flexibility index (Phi) is 4.76. The Morgan fingerprint density at radius 3 is 2.73 bits per heavy atom. The number of ether oxygens (including phenoxy) is 1. The zero-order valence-corrected chi connectivity index (χ0v) is 15.8. The quantitative estimate of drug-likeness (QED) is 0.762. The molecule has 26 heavy (non-hydrogen) atoms. The molecule has 1 aromatic carbocycles. The Bertz CT molecular complexity index is 919. The van der Waals surface area contributed by atoms with Crippen molar-refractivity contribution in [1.82, 2.24) is 14.9 Å². The van der Waals surface area contributed by atoms with Gasteiger partial charge in [0.2, 0.25) is 0 Å². The standard InChI is InChI=1S/C19H22N4O2S/c1-22(2)12-15-11-16-17(26-15)19(23-6-8-25-9-7-23)21-18(20-16)13-4-3-5-14(24)10-13/h3-5,10-11,24H,6-9,12H2,1-2H3. The van der Waals surface area contributed by atoms with E-state index in [0.717, 1.165) is 41.2 Å². The lowest BCUT2D eigenvalue weighted by molar-refractivity contribution is 0.122. The first-order valence-electron chi connectivity index (χ1n) is 8.67. The molecule has 0 radical (unpaired) electrons. The van der Waals surface area contributed by atoms with Gasteiger partial charge in [0.05, 0.1) is 23.4 Å². The average Bonchev–Trinajstić information content (AvgIpc) is 3.03. The van der Waals surface area contributed by atoms with Gasteiger partial charge in [0.25, 0.3) is 0 Å². The summed E-state index contributed by atoms with van der Waals surface area (Å²) >= 11 is 1.75. The number of aromatic nitrogens is 2. The van der Waals surface area contributed by atoms with Gasteiger partial charge in [-0.25, -0.2) is 9.97 Å². The number of anilines is 1. The molecule has 0 aliphatic carbocycles. The summed E-state index contributed by atoms with van der Waals surface area (Å²) in [5.74, 6) is 1.83. The molecular formula is C19H22N4O2S. The number of phenols is 1. The number of benzene rings is 1. The number of phenolic OH excluding ortho intramolecular Hbond substituents is 1. The van der Waals surface area contributed by atoms with E-state index in [1.165, 1.54) is 4.88 Å². The maximum absolute atomic E-state index is 9.82. The van der Waals surface area contributed by atoms with Crippen LogP contribution in [0.15, 0.2) is 30.3 Å². The third-order valence-electron chi connectivity index (χ3n) is 4.29. The summed E-state index contributed by atoms with van der Waals surface area (Å²) in [6.07, 6.45) is 0. The minimum atomic E-state index is 0.220. The Labute approximate surface area is 156 Å². The van der Waals surface area contributed by atoms with Gasteiger partial charge >= 0.3 is 0 Å². The van der Waals surface area contributed by atoms with E-state index in [1.807, 2.05) is 12.1 Å². The Hall–Kier alpha value is -2.22. The maximum atomic E-state index is 9.82. The van der Waals surface area contributed by atoms with E-state index < -0.39 is 0 Å². The molecule has 1 saturated heterocycles. The topological polar surface area (TPSA) is 61.7 Å². The molecule has 6 nitrogen and oxygen atoms in total. The Morgan fingerprint density at radius 1 is 1.19 bits per heavy atom. The highest BCUT2D eigenvalue weighted by atomic mass is 32.1. The normalized spacial score (nSPS) is 15.1. The summed E-state index contributed by atoms with van der Waals surface area (Å²) in [6, 6.07) is 9.26. The number of hydrogen-bond acceptors (Lipinski definition) is 7. The van der Waals surface area contributed by atoms with E-state index in [1.54, 1.807) is 23.5 Å². The Balaban J connectivity index is 1.85. The van der Waals surface area contributed by atoms with E-state index in [4.69, 9.17) is 14.7 Å². The van der Waals surface area contributed by atoms with Crippen molar-refractivity contribution in [2.45, 2.75) is 6.54 Å². The largest absolute Gasteiger partial charge is 0.508 e. The van der Waals surface area contributed by atoms with E-state index in [-0.39, 0.29) is 5.75 Å². The average molecular weight is 370 g/mol. The first-order chi connectivity index (χ1) is 12.6. The van der Waals surface area contributed by atoms with Gasteiger partial charge in [-0.2, -0.15) is 0 Å². The van der Waals surface area contributed by atoms with Gasteiger partial charge < -0.3 is 19.6 Å². The van der Waals surface area contributed by atoms with Crippen LogP contribution in [0.2, 0.25) is 0 Å².